The quantitative estimate of drug-likeness (QED) is 0.802. The monoisotopic (exact) mass is 350 g/mol. The van der Waals surface area contributed by atoms with Crippen molar-refractivity contribution in [3.05, 3.63) is 46.5 Å². The van der Waals surface area contributed by atoms with E-state index >= 15 is 0 Å². The Kier molecular flexibility index (Phi) is 7.28. The van der Waals surface area contributed by atoms with Crippen molar-refractivity contribution >= 4 is 17.5 Å². The summed E-state index contributed by atoms with van der Waals surface area (Å²) < 4.78 is 0. The van der Waals surface area contributed by atoms with Crippen LogP contribution in [0.1, 0.15) is 36.3 Å². The number of benzene rings is 1. The number of aliphatic hydroxyl groups excluding tert-OH is 1. The summed E-state index contributed by atoms with van der Waals surface area (Å²) in [6.45, 7) is 2.37. The average Bonchev–Trinajstić information content (AvgIpc) is 2.60. The fraction of sp³-hybridized carbons (Fsp3) is 0.526. The molecule has 0 aliphatic carbocycles. The number of nitrogens with zero attached hydrogens (tertiary/aromatic N) is 2. The molecule has 132 valence electrons. The van der Waals surface area contributed by atoms with Gasteiger partial charge in [0, 0.05) is 30.7 Å². The molecule has 0 unspecified atom stereocenters. The molecule has 1 fully saturated rings. The maximum atomic E-state index is 12.3. The maximum Gasteiger partial charge on any atom is 0.247 e. The summed E-state index contributed by atoms with van der Waals surface area (Å²) in [6.07, 6.45) is 4.10. The van der Waals surface area contributed by atoms with Gasteiger partial charge in [-0.25, -0.2) is 0 Å². The van der Waals surface area contributed by atoms with Gasteiger partial charge in [-0.2, -0.15) is 0 Å². The van der Waals surface area contributed by atoms with Crippen LogP contribution in [0.5, 0.6) is 0 Å². The molecule has 1 aromatic carbocycles. The van der Waals surface area contributed by atoms with Gasteiger partial charge in [0.1, 0.15) is 0 Å². The van der Waals surface area contributed by atoms with E-state index in [1.54, 1.807) is 6.08 Å². The average molecular weight is 351 g/mol. The zero-order valence-electron chi connectivity index (χ0n) is 14.5. The molecule has 5 heteroatoms. The molecule has 1 heterocycles. The van der Waals surface area contributed by atoms with Gasteiger partial charge in [0.05, 0.1) is 6.61 Å². The first-order chi connectivity index (χ1) is 11.5. The highest BCUT2D eigenvalue weighted by molar-refractivity contribution is 6.31. The number of piperidine rings is 1. The molecule has 1 saturated heterocycles. The van der Waals surface area contributed by atoms with Gasteiger partial charge in [0.25, 0.3) is 0 Å². The number of hydrogen-bond donors (Lipinski definition) is 1. The zero-order chi connectivity index (χ0) is 17.5. The van der Waals surface area contributed by atoms with E-state index in [0.717, 1.165) is 38.0 Å². The first-order valence-electron chi connectivity index (χ1n) is 8.49. The van der Waals surface area contributed by atoms with Crippen molar-refractivity contribution in [3.63, 3.8) is 0 Å². The zero-order valence-corrected chi connectivity index (χ0v) is 15.3. The van der Waals surface area contributed by atoms with Crippen LogP contribution in [-0.4, -0.2) is 54.5 Å². The van der Waals surface area contributed by atoms with Crippen LogP contribution < -0.4 is 0 Å². The minimum absolute atomic E-state index is 0.00708. The topological polar surface area (TPSA) is 43.8 Å². The van der Waals surface area contributed by atoms with E-state index in [1.165, 1.54) is 5.56 Å². The smallest absolute Gasteiger partial charge is 0.247 e. The van der Waals surface area contributed by atoms with Gasteiger partial charge in [-0.15, -0.1) is 0 Å². The van der Waals surface area contributed by atoms with Crippen molar-refractivity contribution in [2.45, 2.75) is 31.8 Å². The Morgan fingerprint density at radius 3 is 2.62 bits per heavy atom. The van der Waals surface area contributed by atoms with Gasteiger partial charge in [-0.1, -0.05) is 35.9 Å². The summed E-state index contributed by atoms with van der Waals surface area (Å²) in [5.74, 6) is 0.415. The van der Waals surface area contributed by atoms with Crippen LogP contribution in [0.15, 0.2) is 35.4 Å². The first kappa shape index (κ1) is 19.0. The number of carbonyl (C=O) groups excluding carboxylic acids is 1. The highest BCUT2D eigenvalue weighted by atomic mass is 35.5. The molecule has 4 nitrogen and oxygen atoms in total. The van der Waals surface area contributed by atoms with Gasteiger partial charge in [0.15, 0.2) is 0 Å². The highest BCUT2D eigenvalue weighted by Gasteiger charge is 2.24. The standard InChI is InChI=1S/C19H27ClN2O2/c1-21(2)10-9-17(20)13-19(24)22-11-7-15(8-12-22)18-6-4-3-5-16(18)14-23/h3-6,13,15,23H,7-12,14H2,1-2H3/b17-13-. The van der Waals surface area contributed by atoms with Crippen LogP contribution in [0.25, 0.3) is 0 Å². The molecule has 1 aromatic rings. The predicted molar refractivity (Wildman–Crippen MR) is 98.0 cm³/mol. The van der Waals surface area contributed by atoms with Crippen LogP contribution >= 0.6 is 11.6 Å². The van der Waals surface area contributed by atoms with Gasteiger partial charge in [-0.05, 0) is 50.4 Å². The summed E-state index contributed by atoms with van der Waals surface area (Å²) in [7, 11) is 3.97. The Morgan fingerprint density at radius 2 is 2.00 bits per heavy atom. The van der Waals surface area contributed by atoms with Crippen LogP contribution in [0.4, 0.5) is 0 Å². The van der Waals surface area contributed by atoms with Crippen molar-refractivity contribution in [3.8, 4) is 0 Å². The lowest BCUT2D eigenvalue weighted by molar-refractivity contribution is -0.127. The van der Waals surface area contributed by atoms with Crippen molar-refractivity contribution in [2.75, 3.05) is 33.7 Å². The Labute approximate surface area is 149 Å². The lowest BCUT2D eigenvalue weighted by Gasteiger charge is -2.32. The van der Waals surface area contributed by atoms with Crippen molar-refractivity contribution in [1.82, 2.24) is 9.80 Å². The second kappa shape index (κ2) is 9.21. The normalized spacial score (nSPS) is 16.7. The third-order valence-corrected chi connectivity index (χ3v) is 4.85. The lowest BCUT2D eigenvalue weighted by Crippen LogP contribution is -2.37. The molecule has 1 aliphatic heterocycles. The van der Waals surface area contributed by atoms with Crippen LogP contribution in [0, 0.1) is 0 Å². The van der Waals surface area contributed by atoms with Gasteiger partial charge >= 0.3 is 0 Å². The van der Waals surface area contributed by atoms with Crippen LogP contribution in [-0.2, 0) is 11.4 Å². The van der Waals surface area contributed by atoms with E-state index in [9.17, 15) is 9.90 Å². The molecular weight excluding hydrogens is 324 g/mol. The fourth-order valence-corrected chi connectivity index (χ4v) is 3.29. The largest absolute Gasteiger partial charge is 0.392 e. The molecule has 0 radical (unpaired) electrons. The molecule has 0 spiro atoms. The van der Waals surface area contributed by atoms with Gasteiger partial charge in [-0.3, -0.25) is 4.79 Å². The van der Waals surface area contributed by atoms with Crippen LogP contribution in [0.3, 0.4) is 0 Å². The Bertz CT molecular complexity index is 578. The molecule has 0 aromatic heterocycles. The molecule has 1 aliphatic rings. The summed E-state index contributed by atoms with van der Waals surface area (Å²) >= 11 is 6.16. The SMILES string of the molecule is CN(C)CC/C(Cl)=C/C(=O)N1CCC(c2ccccc2CO)CC1. The lowest BCUT2D eigenvalue weighted by atomic mass is 9.86. The van der Waals surface area contributed by atoms with Crippen LogP contribution in [0.2, 0.25) is 0 Å². The van der Waals surface area contributed by atoms with E-state index in [-0.39, 0.29) is 12.5 Å². The van der Waals surface area contributed by atoms with Crippen molar-refractivity contribution in [1.29, 1.82) is 0 Å². The van der Waals surface area contributed by atoms with E-state index in [4.69, 9.17) is 11.6 Å². The summed E-state index contributed by atoms with van der Waals surface area (Å²) in [4.78, 5) is 16.2. The van der Waals surface area contributed by atoms with Gasteiger partial charge < -0.3 is 14.9 Å². The van der Waals surface area contributed by atoms with Gasteiger partial charge in [0.2, 0.25) is 5.91 Å². The number of rotatable bonds is 6. The summed E-state index contributed by atoms with van der Waals surface area (Å²) in [5, 5.41) is 10.1. The molecule has 0 bridgehead atoms. The number of amides is 1. The minimum atomic E-state index is 0.00708. The highest BCUT2D eigenvalue weighted by Crippen LogP contribution is 2.30. The Balaban J connectivity index is 1.90. The number of aliphatic hydroxyl groups is 1. The second-order valence-electron chi connectivity index (χ2n) is 6.60. The third kappa shape index (κ3) is 5.33. The second-order valence-corrected chi connectivity index (χ2v) is 7.09. The molecule has 1 N–H and O–H groups in total. The maximum absolute atomic E-state index is 12.3. The van der Waals surface area contributed by atoms with E-state index in [0.29, 0.717) is 17.4 Å². The number of hydrogen-bond acceptors (Lipinski definition) is 3. The number of carbonyl (C=O) groups is 1. The molecular formula is C19H27ClN2O2. The summed E-state index contributed by atoms with van der Waals surface area (Å²) in [6, 6.07) is 8.03. The minimum Gasteiger partial charge on any atom is -0.392 e. The molecule has 24 heavy (non-hydrogen) atoms. The third-order valence-electron chi connectivity index (χ3n) is 4.55. The van der Waals surface area contributed by atoms with E-state index in [2.05, 4.69) is 6.07 Å². The summed E-state index contributed by atoms with van der Waals surface area (Å²) in [5.41, 5.74) is 2.21. The van der Waals surface area contributed by atoms with Crippen molar-refractivity contribution in [2.24, 2.45) is 0 Å². The first-order valence-corrected chi connectivity index (χ1v) is 8.87. The fourth-order valence-electron chi connectivity index (χ4n) is 3.12. The number of likely N-dealkylation sites (tertiary alicyclic amines) is 1. The molecule has 0 atom stereocenters. The predicted octanol–water partition coefficient (Wildman–Crippen LogP) is 2.96. The van der Waals surface area contributed by atoms with E-state index < -0.39 is 0 Å². The number of halogens is 1. The molecule has 0 saturated carbocycles. The Hall–Kier alpha value is -1.36. The molecule has 1 amide bonds. The molecule has 2 rings (SSSR count). The Morgan fingerprint density at radius 1 is 1.33 bits per heavy atom. The van der Waals surface area contributed by atoms with Crippen molar-refractivity contribution < 1.29 is 9.90 Å². The van der Waals surface area contributed by atoms with E-state index in [1.807, 2.05) is 42.1 Å².